The fourth-order valence-electron chi connectivity index (χ4n) is 3.08. The number of aryl methyl sites for hydroxylation is 2. The van der Waals surface area contributed by atoms with Gasteiger partial charge < -0.3 is 10.1 Å². The maximum atomic E-state index is 12.2. The number of amides is 1. The molecule has 0 unspecified atom stereocenters. The average Bonchev–Trinajstić information content (AvgIpc) is 3.10. The second-order valence-electron chi connectivity index (χ2n) is 6.29. The summed E-state index contributed by atoms with van der Waals surface area (Å²) in [6.45, 7) is 4.43. The monoisotopic (exact) mass is 396 g/mol. The zero-order valence-corrected chi connectivity index (χ0v) is 16.9. The fraction of sp³-hybridized carbons (Fsp3) is 0.286. The van der Waals surface area contributed by atoms with Gasteiger partial charge >= 0.3 is 0 Å². The number of aromatic amines is 1. The lowest BCUT2D eigenvalue weighted by Gasteiger charge is -2.16. The van der Waals surface area contributed by atoms with Gasteiger partial charge in [0.25, 0.3) is 5.91 Å². The van der Waals surface area contributed by atoms with E-state index in [-0.39, 0.29) is 19.1 Å². The van der Waals surface area contributed by atoms with Crippen molar-refractivity contribution in [3.8, 4) is 11.4 Å². The van der Waals surface area contributed by atoms with E-state index in [9.17, 15) is 4.79 Å². The third-order valence-electron chi connectivity index (χ3n) is 4.49. The first kappa shape index (κ1) is 19.8. The first-order valence-corrected chi connectivity index (χ1v) is 9.76. The van der Waals surface area contributed by atoms with Crippen LogP contribution in [0.25, 0.3) is 5.69 Å². The van der Waals surface area contributed by atoms with Gasteiger partial charge in [0.05, 0.1) is 12.2 Å². The van der Waals surface area contributed by atoms with Crippen LogP contribution in [-0.4, -0.2) is 27.3 Å². The second kappa shape index (κ2) is 9.32. The van der Waals surface area contributed by atoms with Crippen LogP contribution in [0.4, 0.5) is 0 Å². The van der Waals surface area contributed by atoms with Gasteiger partial charge in [-0.2, -0.15) is 5.10 Å². The Labute approximate surface area is 169 Å². The Kier molecular flexibility index (Phi) is 6.60. The van der Waals surface area contributed by atoms with Crippen molar-refractivity contribution in [1.82, 2.24) is 20.1 Å². The molecule has 1 heterocycles. The summed E-state index contributed by atoms with van der Waals surface area (Å²) in [6, 6.07) is 15.5. The summed E-state index contributed by atoms with van der Waals surface area (Å²) in [4.78, 5) is 12.2. The normalized spacial score (nSPS) is 10.6. The number of rotatable bonds is 8. The van der Waals surface area contributed by atoms with Crippen molar-refractivity contribution in [2.75, 3.05) is 6.61 Å². The van der Waals surface area contributed by atoms with E-state index < -0.39 is 0 Å². The molecule has 1 aromatic heterocycles. The number of hydrogen-bond acceptors (Lipinski definition) is 4. The van der Waals surface area contributed by atoms with Gasteiger partial charge in [0.2, 0.25) is 0 Å². The highest BCUT2D eigenvalue weighted by molar-refractivity contribution is 7.71. The summed E-state index contributed by atoms with van der Waals surface area (Å²) < 4.78 is 7.92. The lowest BCUT2D eigenvalue weighted by molar-refractivity contribution is -0.123. The van der Waals surface area contributed by atoms with E-state index in [1.54, 1.807) is 0 Å². The van der Waals surface area contributed by atoms with Crippen molar-refractivity contribution in [2.45, 2.75) is 33.2 Å². The highest BCUT2D eigenvalue weighted by atomic mass is 32.1. The topological polar surface area (TPSA) is 71.9 Å². The molecule has 0 saturated heterocycles. The van der Waals surface area contributed by atoms with Gasteiger partial charge in [-0.3, -0.25) is 14.5 Å². The molecule has 7 heteroatoms. The summed E-state index contributed by atoms with van der Waals surface area (Å²) >= 11 is 5.47. The molecule has 28 heavy (non-hydrogen) atoms. The number of carbonyl (C=O) groups is 1. The third-order valence-corrected chi connectivity index (χ3v) is 4.76. The van der Waals surface area contributed by atoms with Crippen LogP contribution in [0.1, 0.15) is 30.8 Å². The van der Waals surface area contributed by atoms with E-state index in [4.69, 9.17) is 17.0 Å². The molecule has 2 N–H and O–H groups in total. The molecule has 0 aliphatic carbocycles. The van der Waals surface area contributed by atoms with Crippen LogP contribution in [0.5, 0.6) is 5.75 Å². The minimum absolute atomic E-state index is 0.0546. The predicted molar refractivity (Wildman–Crippen MR) is 111 cm³/mol. The van der Waals surface area contributed by atoms with Crippen LogP contribution in [0.2, 0.25) is 0 Å². The zero-order chi connectivity index (χ0) is 19.9. The Bertz CT molecular complexity index is 973. The Morgan fingerprint density at radius 2 is 1.79 bits per heavy atom. The lowest BCUT2D eigenvalue weighted by Crippen LogP contribution is -2.29. The van der Waals surface area contributed by atoms with Crippen LogP contribution in [0.15, 0.2) is 48.5 Å². The first-order chi connectivity index (χ1) is 13.6. The number of carbonyl (C=O) groups excluding carboxylic acids is 1. The molecule has 3 aromatic rings. The standard InChI is InChI=1S/C21H24N4O2S/c1-3-15-9-8-10-16(4-2)20(15)25-18(23-24-21(25)28)13-22-19(26)14-27-17-11-6-5-7-12-17/h5-12H,3-4,13-14H2,1-2H3,(H,22,26)(H,24,28). The van der Waals surface area contributed by atoms with Crippen molar-refractivity contribution < 1.29 is 9.53 Å². The van der Waals surface area contributed by atoms with Gasteiger partial charge in [0, 0.05) is 0 Å². The number of H-pyrrole nitrogens is 1. The minimum atomic E-state index is -0.219. The van der Waals surface area contributed by atoms with Gasteiger partial charge in [-0.25, -0.2) is 0 Å². The highest BCUT2D eigenvalue weighted by Crippen LogP contribution is 2.23. The summed E-state index contributed by atoms with van der Waals surface area (Å²) in [7, 11) is 0. The molecule has 3 rings (SSSR count). The van der Waals surface area contributed by atoms with Crippen molar-refractivity contribution in [2.24, 2.45) is 0 Å². The summed E-state index contributed by atoms with van der Waals surface area (Å²) in [5, 5.41) is 10.0. The Morgan fingerprint density at radius 1 is 1.11 bits per heavy atom. The van der Waals surface area contributed by atoms with Crippen molar-refractivity contribution >= 4 is 18.1 Å². The molecule has 0 bridgehead atoms. The van der Waals surface area contributed by atoms with Crippen LogP contribution in [-0.2, 0) is 24.2 Å². The van der Waals surface area contributed by atoms with Gasteiger partial charge in [0.1, 0.15) is 5.75 Å². The average molecular weight is 397 g/mol. The Balaban J connectivity index is 1.75. The van der Waals surface area contributed by atoms with Crippen molar-refractivity contribution in [1.29, 1.82) is 0 Å². The maximum absolute atomic E-state index is 12.2. The first-order valence-electron chi connectivity index (χ1n) is 9.36. The number of para-hydroxylation sites is 2. The van der Waals surface area contributed by atoms with Crippen LogP contribution in [0, 0.1) is 4.77 Å². The van der Waals surface area contributed by atoms with E-state index in [2.05, 4.69) is 47.6 Å². The molecule has 0 aliphatic rings. The summed E-state index contributed by atoms with van der Waals surface area (Å²) in [6.07, 6.45) is 1.76. The molecule has 2 aromatic carbocycles. The van der Waals surface area contributed by atoms with E-state index in [0.29, 0.717) is 16.3 Å². The van der Waals surface area contributed by atoms with Crippen LogP contribution < -0.4 is 10.1 Å². The molecular formula is C21H24N4O2S. The molecule has 0 saturated carbocycles. The number of benzene rings is 2. The quantitative estimate of drug-likeness (QED) is 0.569. The van der Waals surface area contributed by atoms with Gasteiger partial charge in [-0.15, -0.1) is 0 Å². The maximum Gasteiger partial charge on any atom is 0.258 e. The van der Waals surface area contributed by atoms with E-state index in [1.807, 2.05) is 34.9 Å². The number of nitrogens with one attached hydrogen (secondary N) is 2. The van der Waals surface area contributed by atoms with Crippen LogP contribution in [0.3, 0.4) is 0 Å². The van der Waals surface area contributed by atoms with Gasteiger partial charge in [-0.05, 0) is 48.3 Å². The predicted octanol–water partition coefficient (Wildman–Crippen LogP) is 3.75. The third kappa shape index (κ3) is 4.48. The molecule has 6 nitrogen and oxygen atoms in total. The largest absolute Gasteiger partial charge is 0.484 e. The molecule has 0 fully saturated rings. The second-order valence-corrected chi connectivity index (χ2v) is 6.68. The molecule has 1 amide bonds. The van der Waals surface area contributed by atoms with Crippen LogP contribution >= 0.6 is 12.2 Å². The number of hydrogen-bond donors (Lipinski definition) is 2. The van der Waals surface area contributed by atoms with Gasteiger partial charge in [0.15, 0.2) is 17.2 Å². The molecule has 0 atom stereocenters. The van der Waals surface area contributed by atoms with E-state index in [0.717, 1.165) is 18.5 Å². The highest BCUT2D eigenvalue weighted by Gasteiger charge is 2.15. The van der Waals surface area contributed by atoms with Crippen molar-refractivity contribution in [3.05, 3.63) is 70.3 Å². The zero-order valence-electron chi connectivity index (χ0n) is 16.1. The van der Waals surface area contributed by atoms with E-state index in [1.165, 1.54) is 11.1 Å². The Morgan fingerprint density at radius 3 is 2.43 bits per heavy atom. The SMILES string of the molecule is CCc1cccc(CC)c1-n1c(CNC(=O)COc2ccccc2)n[nH]c1=S. The minimum Gasteiger partial charge on any atom is -0.484 e. The summed E-state index contributed by atoms with van der Waals surface area (Å²) in [5.41, 5.74) is 3.43. The summed E-state index contributed by atoms with van der Waals surface area (Å²) in [5.74, 6) is 1.10. The molecule has 0 aliphatic heterocycles. The smallest absolute Gasteiger partial charge is 0.258 e. The van der Waals surface area contributed by atoms with Crippen molar-refractivity contribution in [3.63, 3.8) is 0 Å². The molecule has 0 spiro atoms. The number of ether oxygens (including phenoxy) is 1. The Hall–Kier alpha value is -2.93. The van der Waals surface area contributed by atoms with E-state index >= 15 is 0 Å². The van der Waals surface area contributed by atoms with Gasteiger partial charge in [-0.1, -0.05) is 50.2 Å². The number of nitrogens with zero attached hydrogens (tertiary/aromatic N) is 2. The lowest BCUT2D eigenvalue weighted by atomic mass is 10.0. The molecular weight excluding hydrogens is 372 g/mol. The fourth-order valence-corrected chi connectivity index (χ4v) is 3.32. The molecule has 146 valence electrons. The number of aromatic nitrogens is 3. The molecule has 0 radical (unpaired) electrons.